The standard InChI is InChI=1S/C25H42N4O2.HI/c1-3-26-24(28-21-25(11-5-6-12-25)13-16-30-4-2)27-19-22-7-9-23(10-8-22)20-29-14-17-31-18-15-29;/h7-10H,3-6,11-21H2,1-2H3,(H2,26,27,28);1H. The number of nitrogens with one attached hydrogen (secondary N) is 2. The van der Waals surface area contributed by atoms with Gasteiger partial charge >= 0.3 is 0 Å². The zero-order valence-corrected chi connectivity index (χ0v) is 22.4. The highest BCUT2D eigenvalue weighted by molar-refractivity contribution is 14.0. The molecule has 1 aliphatic heterocycles. The van der Waals surface area contributed by atoms with Crippen LogP contribution in [-0.2, 0) is 22.6 Å². The van der Waals surface area contributed by atoms with Crippen LogP contribution in [0.5, 0.6) is 0 Å². The number of ether oxygens (including phenoxy) is 2. The number of aliphatic imine (C=N–C) groups is 1. The minimum absolute atomic E-state index is 0. The molecular weight excluding hydrogens is 515 g/mol. The largest absolute Gasteiger partial charge is 0.382 e. The molecule has 2 N–H and O–H groups in total. The second-order valence-electron chi connectivity index (χ2n) is 8.91. The average molecular weight is 559 g/mol. The van der Waals surface area contributed by atoms with Crippen LogP contribution in [0.1, 0.15) is 57.1 Å². The summed E-state index contributed by atoms with van der Waals surface area (Å²) in [6, 6.07) is 8.90. The Labute approximate surface area is 211 Å². The van der Waals surface area contributed by atoms with Crippen molar-refractivity contribution < 1.29 is 9.47 Å². The second-order valence-corrected chi connectivity index (χ2v) is 8.91. The summed E-state index contributed by atoms with van der Waals surface area (Å²) >= 11 is 0. The minimum atomic E-state index is 0. The van der Waals surface area contributed by atoms with Gasteiger partial charge in [-0.15, -0.1) is 24.0 Å². The monoisotopic (exact) mass is 558 g/mol. The molecule has 1 aromatic rings. The van der Waals surface area contributed by atoms with E-state index in [1.165, 1.54) is 36.8 Å². The highest BCUT2D eigenvalue weighted by atomic mass is 127. The SMILES string of the molecule is CCNC(=NCc1ccc(CN2CCOCC2)cc1)NCC1(CCOCC)CCCC1.I. The van der Waals surface area contributed by atoms with E-state index in [-0.39, 0.29) is 24.0 Å². The lowest BCUT2D eigenvalue weighted by Crippen LogP contribution is -2.43. The van der Waals surface area contributed by atoms with Gasteiger partial charge in [-0.2, -0.15) is 0 Å². The van der Waals surface area contributed by atoms with Gasteiger partial charge in [0, 0.05) is 45.9 Å². The third-order valence-electron chi connectivity index (χ3n) is 6.57. The van der Waals surface area contributed by atoms with Gasteiger partial charge in [0.1, 0.15) is 0 Å². The first-order valence-corrected chi connectivity index (χ1v) is 12.2. The Morgan fingerprint density at radius 1 is 1.06 bits per heavy atom. The van der Waals surface area contributed by atoms with Crippen molar-refractivity contribution >= 4 is 29.9 Å². The van der Waals surface area contributed by atoms with Crippen molar-refractivity contribution in [1.29, 1.82) is 0 Å². The molecule has 0 amide bonds. The highest BCUT2D eigenvalue weighted by Gasteiger charge is 2.33. The van der Waals surface area contributed by atoms with Gasteiger partial charge in [-0.05, 0) is 49.7 Å². The molecule has 2 fully saturated rings. The first kappa shape index (κ1) is 27.3. The number of hydrogen-bond acceptors (Lipinski definition) is 4. The van der Waals surface area contributed by atoms with Crippen molar-refractivity contribution in [2.45, 2.75) is 59.0 Å². The Hall–Kier alpha value is -0.900. The Morgan fingerprint density at radius 3 is 2.41 bits per heavy atom. The van der Waals surface area contributed by atoms with E-state index in [2.05, 4.69) is 53.6 Å². The molecule has 0 spiro atoms. The Kier molecular flexibility index (Phi) is 12.9. The molecule has 0 bridgehead atoms. The fraction of sp³-hybridized carbons (Fsp3) is 0.720. The summed E-state index contributed by atoms with van der Waals surface area (Å²) in [6.07, 6.45) is 6.38. The van der Waals surface area contributed by atoms with E-state index < -0.39 is 0 Å². The maximum atomic E-state index is 5.65. The van der Waals surface area contributed by atoms with Gasteiger partial charge < -0.3 is 20.1 Å². The van der Waals surface area contributed by atoms with Crippen molar-refractivity contribution in [2.75, 3.05) is 52.6 Å². The Bertz CT molecular complexity index is 656. The molecule has 0 atom stereocenters. The van der Waals surface area contributed by atoms with Crippen LogP contribution in [0.25, 0.3) is 0 Å². The van der Waals surface area contributed by atoms with E-state index in [0.29, 0.717) is 12.0 Å². The number of nitrogens with zero attached hydrogens (tertiary/aromatic N) is 2. The van der Waals surface area contributed by atoms with E-state index >= 15 is 0 Å². The van der Waals surface area contributed by atoms with Crippen molar-refractivity contribution in [2.24, 2.45) is 10.4 Å². The minimum Gasteiger partial charge on any atom is -0.382 e. The summed E-state index contributed by atoms with van der Waals surface area (Å²) in [5.74, 6) is 0.919. The lowest BCUT2D eigenvalue weighted by atomic mass is 9.83. The number of guanidine groups is 1. The Balaban J connectivity index is 0.00000363. The molecule has 32 heavy (non-hydrogen) atoms. The molecule has 2 aliphatic rings. The molecule has 0 aromatic heterocycles. The number of benzene rings is 1. The zero-order valence-electron chi connectivity index (χ0n) is 20.0. The lowest BCUT2D eigenvalue weighted by Gasteiger charge is -2.30. The molecule has 1 aliphatic carbocycles. The van der Waals surface area contributed by atoms with Crippen LogP contribution < -0.4 is 10.6 Å². The maximum absolute atomic E-state index is 5.65. The van der Waals surface area contributed by atoms with Gasteiger partial charge in [0.05, 0.1) is 19.8 Å². The molecular formula is C25H43IN4O2. The molecule has 1 heterocycles. The van der Waals surface area contributed by atoms with Gasteiger partial charge in [-0.1, -0.05) is 37.1 Å². The predicted octanol–water partition coefficient (Wildman–Crippen LogP) is 4.18. The van der Waals surface area contributed by atoms with Crippen LogP contribution in [0.4, 0.5) is 0 Å². The van der Waals surface area contributed by atoms with Crippen LogP contribution in [0, 0.1) is 5.41 Å². The summed E-state index contributed by atoms with van der Waals surface area (Å²) in [4.78, 5) is 7.31. The van der Waals surface area contributed by atoms with Crippen LogP contribution in [0.15, 0.2) is 29.3 Å². The van der Waals surface area contributed by atoms with Gasteiger partial charge in [-0.3, -0.25) is 4.90 Å². The van der Waals surface area contributed by atoms with Gasteiger partial charge in [0.2, 0.25) is 0 Å². The summed E-state index contributed by atoms with van der Waals surface area (Å²) < 4.78 is 11.1. The number of morpholine rings is 1. The summed E-state index contributed by atoms with van der Waals surface area (Å²) in [5, 5.41) is 7.05. The van der Waals surface area contributed by atoms with Crippen LogP contribution >= 0.6 is 24.0 Å². The topological polar surface area (TPSA) is 58.1 Å². The molecule has 7 heteroatoms. The third-order valence-corrected chi connectivity index (χ3v) is 6.57. The normalized spacial score (nSPS) is 18.9. The maximum Gasteiger partial charge on any atom is 0.191 e. The van der Waals surface area contributed by atoms with Crippen LogP contribution in [-0.4, -0.2) is 63.5 Å². The fourth-order valence-electron chi connectivity index (χ4n) is 4.62. The fourth-order valence-corrected chi connectivity index (χ4v) is 4.62. The van der Waals surface area contributed by atoms with Gasteiger partial charge in [-0.25, -0.2) is 4.99 Å². The van der Waals surface area contributed by atoms with Crippen LogP contribution in [0.3, 0.4) is 0 Å². The Morgan fingerprint density at radius 2 is 1.75 bits per heavy atom. The molecule has 0 unspecified atom stereocenters. The molecule has 0 radical (unpaired) electrons. The van der Waals surface area contributed by atoms with Crippen LogP contribution in [0.2, 0.25) is 0 Å². The average Bonchev–Trinajstić information content (AvgIpc) is 3.27. The molecule has 1 saturated carbocycles. The van der Waals surface area contributed by atoms with Crippen molar-refractivity contribution in [1.82, 2.24) is 15.5 Å². The number of halogens is 1. The number of hydrogen-bond donors (Lipinski definition) is 2. The van der Waals surface area contributed by atoms with E-state index in [0.717, 1.165) is 71.5 Å². The van der Waals surface area contributed by atoms with E-state index in [9.17, 15) is 0 Å². The first-order chi connectivity index (χ1) is 15.2. The van der Waals surface area contributed by atoms with E-state index in [4.69, 9.17) is 14.5 Å². The molecule has 182 valence electrons. The van der Waals surface area contributed by atoms with Crippen molar-refractivity contribution in [3.63, 3.8) is 0 Å². The number of rotatable bonds is 11. The van der Waals surface area contributed by atoms with Gasteiger partial charge in [0.25, 0.3) is 0 Å². The summed E-state index contributed by atoms with van der Waals surface area (Å²) in [6.45, 7) is 13.1. The van der Waals surface area contributed by atoms with Crippen molar-refractivity contribution in [3.05, 3.63) is 35.4 Å². The van der Waals surface area contributed by atoms with Gasteiger partial charge in [0.15, 0.2) is 5.96 Å². The quantitative estimate of drug-likeness (QED) is 0.185. The molecule has 3 rings (SSSR count). The lowest BCUT2D eigenvalue weighted by molar-refractivity contribution is 0.0342. The van der Waals surface area contributed by atoms with E-state index in [1.807, 2.05) is 0 Å². The molecule has 1 aromatic carbocycles. The molecule has 6 nitrogen and oxygen atoms in total. The molecule has 1 saturated heterocycles. The zero-order chi connectivity index (χ0) is 21.8. The highest BCUT2D eigenvalue weighted by Crippen LogP contribution is 2.40. The van der Waals surface area contributed by atoms with E-state index in [1.54, 1.807) is 0 Å². The predicted molar refractivity (Wildman–Crippen MR) is 143 cm³/mol. The first-order valence-electron chi connectivity index (χ1n) is 12.2. The summed E-state index contributed by atoms with van der Waals surface area (Å²) in [5.41, 5.74) is 2.96. The van der Waals surface area contributed by atoms with Crippen molar-refractivity contribution in [3.8, 4) is 0 Å². The second kappa shape index (κ2) is 15.1. The third kappa shape index (κ3) is 9.15. The summed E-state index contributed by atoms with van der Waals surface area (Å²) in [7, 11) is 0. The smallest absolute Gasteiger partial charge is 0.191 e.